The first-order valence-corrected chi connectivity index (χ1v) is 13.0. The van der Waals surface area contributed by atoms with Gasteiger partial charge in [0.2, 0.25) is 15.0 Å². The summed E-state index contributed by atoms with van der Waals surface area (Å²) in [6, 6.07) is 15.2. The van der Waals surface area contributed by atoms with Gasteiger partial charge in [-0.2, -0.15) is 0 Å². The Hall–Kier alpha value is -3.04. The predicted molar refractivity (Wildman–Crippen MR) is 137 cm³/mol. The quantitative estimate of drug-likeness (QED) is 0.330. The fourth-order valence-electron chi connectivity index (χ4n) is 3.47. The molecule has 0 radical (unpaired) electrons. The van der Waals surface area contributed by atoms with Crippen molar-refractivity contribution >= 4 is 27.2 Å². The first-order chi connectivity index (χ1) is 16.2. The van der Waals surface area contributed by atoms with Crippen LogP contribution in [0.5, 0.6) is 0 Å². The first-order valence-electron chi connectivity index (χ1n) is 10.9. The lowest BCUT2D eigenvalue weighted by Crippen LogP contribution is -2.42. The largest absolute Gasteiger partial charge is 0.360 e. The molecule has 0 aliphatic rings. The summed E-state index contributed by atoms with van der Waals surface area (Å²) in [6.07, 6.45) is 3.33. The molecule has 0 saturated carbocycles. The highest BCUT2D eigenvalue weighted by atomic mass is 32.2. The highest BCUT2D eigenvalue weighted by molar-refractivity contribution is 7.90. The van der Waals surface area contributed by atoms with E-state index in [1.165, 1.54) is 24.3 Å². The Kier molecular flexibility index (Phi) is 8.57. The summed E-state index contributed by atoms with van der Waals surface area (Å²) in [6.45, 7) is 9.00. The number of sulfone groups is 1. The van der Waals surface area contributed by atoms with E-state index in [0.29, 0.717) is 36.0 Å². The lowest BCUT2D eigenvalue weighted by molar-refractivity contribution is 0.422. The molecule has 0 amide bonds. The zero-order valence-electron chi connectivity index (χ0n) is 19.3. The molecule has 0 unspecified atom stereocenters. The van der Waals surface area contributed by atoms with Crippen molar-refractivity contribution in [3.63, 3.8) is 0 Å². The number of imidazole rings is 1. The summed E-state index contributed by atoms with van der Waals surface area (Å²) in [5.41, 5.74) is 2.14. The second-order valence-corrected chi connectivity index (χ2v) is 10.5. The molecule has 0 spiro atoms. The molecule has 0 aliphatic carbocycles. The van der Waals surface area contributed by atoms with E-state index >= 15 is 0 Å². The third kappa shape index (κ3) is 6.74. The molecule has 34 heavy (non-hydrogen) atoms. The normalized spacial score (nSPS) is 11.4. The lowest BCUT2D eigenvalue weighted by Gasteiger charge is -2.26. The summed E-state index contributed by atoms with van der Waals surface area (Å²) >= 11 is 5.56. The molecule has 1 aromatic heterocycles. The van der Waals surface area contributed by atoms with E-state index in [0.717, 1.165) is 5.56 Å². The van der Waals surface area contributed by atoms with E-state index in [9.17, 15) is 12.8 Å². The average molecular weight is 501 g/mol. The first kappa shape index (κ1) is 25.6. The molecule has 0 aliphatic heterocycles. The summed E-state index contributed by atoms with van der Waals surface area (Å²) in [5, 5.41) is 3.75. The maximum absolute atomic E-state index is 13.4. The number of aromatic nitrogens is 2. The summed E-state index contributed by atoms with van der Waals surface area (Å²) in [5.74, 6) is -0.690. The van der Waals surface area contributed by atoms with Crippen molar-refractivity contribution in [1.82, 2.24) is 19.8 Å². The molecule has 0 saturated heterocycles. The molecule has 3 rings (SSSR count). The van der Waals surface area contributed by atoms with Gasteiger partial charge in [0, 0.05) is 12.6 Å². The smallest absolute Gasteiger partial charge is 0.228 e. The molecule has 0 fully saturated rings. The molecule has 2 aromatic carbocycles. The molecule has 6 nitrogen and oxygen atoms in total. The van der Waals surface area contributed by atoms with Crippen molar-refractivity contribution < 1.29 is 12.8 Å². The van der Waals surface area contributed by atoms with Crippen LogP contribution in [0.1, 0.15) is 30.7 Å². The van der Waals surface area contributed by atoms with Crippen LogP contribution < -0.4 is 5.32 Å². The van der Waals surface area contributed by atoms with E-state index in [1.54, 1.807) is 16.8 Å². The molecular weight excluding hydrogens is 471 g/mol. The van der Waals surface area contributed by atoms with Gasteiger partial charge < -0.3 is 14.8 Å². The molecule has 1 N–H and O–H groups in total. The average Bonchev–Trinajstić information content (AvgIpc) is 3.18. The Labute approximate surface area is 206 Å². The zero-order chi connectivity index (χ0) is 24.7. The Morgan fingerprint density at radius 1 is 1.18 bits per heavy atom. The van der Waals surface area contributed by atoms with Crippen LogP contribution in [0, 0.1) is 5.82 Å². The van der Waals surface area contributed by atoms with Gasteiger partial charge in [0.1, 0.15) is 5.82 Å². The number of hydrogen-bond acceptors (Lipinski definition) is 4. The minimum absolute atomic E-state index is 0.0306. The zero-order valence-corrected chi connectivity index (χ0v) is 20.9. The maximum atomic E-state index is 13.4. The van der Waals surface area contributed by atoms with E-state index in [2.05, 4.69) is 16.9 Å². The highest BCUT2D eigenvalue weighted by Crippen LogP contribution is 2.21. The van der Waals surface area contributed by atoms with Gasteiger partial charge in [-0.15, -0.1) is 6.58 Å². The van der Waals surface area contributed by atoms with Crippen LogP contribution >= 0.6 is 12.2 Å². The van der Waals surface area contributed by atoms with E-state index in [-0.39, 0.29) is 17.0 Å². The van der Waals surface area contributed by atoms with Crippen molar-refractivity contribution in [3.05, 3.63) is 96.1 Å². The second kappa shape index (κ2) is 11.4. The SMILES string of the molecule is C=CCN(Cc1cnc(S(=O)(=O)Cc2ccc(F)cc2)n1Cc1ccccc1)C(=S)NC(C)C. The molecule has 9 heteroatoms. The van der Waals surface area contributed by atoms with Crippen LogP contribution in [0.25, 0.3) is 0 Å². The predicted octanol–water partition coefficient (Wildman–Crippen LogP) is 4.32. The van der Waals surface area contributed by atoms with Crippen molar-refractivity contribution in [3.8, 4) is 0 Å². The van der Waals surface area contributed by atoms with E-state index < -0.39 is 15.7 Å². The van der Waals surface area contributed by atoms with Crippen molar-refractivity contribution in [2.75, 3.05) is 6.54 Å². The van der Waals surface area contributed by atoms with Gasteiger partial charge in [-0.1, -0.05) is 48.5 Å². The van der Waals surface area contributed by atoms with Crippen LogP contribution in [0.4, 0.5) is 4.39 Å². The number of benzene rings is 2. The van der Waals surface area contributed by atoms with E-state index in [1.807, 2.05) is 49.1 Å². The van der Waals surface area contributed by atoms with Gasteiger partial charge in [-0.25, -0.2) is 17.8 Å². The van der Waals surface area contributed by atoms with Gasteiger partial charge in [0.25, 0.3) is 0 Å². The monoisotopic (exact) mass is 500 g/mol. The second-order valence-electron chi connectivity index (χ2n) is 8.26. The van der Waals surface area contributed by atoms with Crippen molar-refractivity contribution in [2.45, 2.75) is 43.9 Å². The molecule has 0 atom stereocenters. The van der Waals surface area contributed by atoms with Gasteiger partial charge in [0.05, 0.1) is 30.7 Å². The minimum Gasteiger partial charge on any atom is -0.360 e. The van der Waals surface area contributed by atoms with Crippen molar-refractivity contribution in [1.29, 1.82) is 0 Å². The summed E-state index contributed by atoms with van der Waals surface area (Å²) in [4.78, 5) is 6.23. The number of rotatable bonds is 10. The maximum Gasteiger partial charge on any atom is 0.228 e. The number of nitrogens with zero attached hydrogens (tertiary/aromatic N) is 3. The van der Waals surface area contributed by atoms with Crippen LogP contribution in [-0.4, -0.2) is 40.6 Å². The number of thiocarbonyl (C=S) groups is 1. The van der Waals surface area contributed by atoms with E-state index in [4.69, 9.17) is 12.2 Å². The number of halogens is 1. The lowest BCUT2D eigenvalue weighted by atomic mass is 10.2. The summed E-state index contributed by atoms with van der Waals surface area (Å²) in [7, 11) is -3.80. The van der Waals surface area contributed by atoms with Crippen molar-refractivity contribution in [2.24, 2.45) is 0 Å². The summed E-state index contributed by atoms with van der Waals surface area (Å²) < 4.78 is 41.7. The fraction of sp³-hybridized carbons (Fsp3) is 0.280. The minimum atomic E-state index is -3.80. The Morgan fingerprint density at radius 3 is 2.47 bits per heavy atom. The van der Waals surface area contributed by atoms with Crippen LogP contribution in [0.15, 0.2) is 78.6 Å². The topological polar surface area (TPSA) is 67.2 Å². The highest BCUT2D eigenvalue weighted by Gasteiger charge is 2.25. The molecular formula is C25H29FN4O2S2. The Balaban J connectivity index is 1.98. The molecule has 3 aromatic rings. The Morgan fingerprint density at radius 2 is 1.85 bits per heavy atom. The van der Waals surface area contributed by atoms with Gasteiger partial charge in [0.15, 0.2) is 5.11 Å². The molecule has 0 bridgehead atoms. The van der Waals surface area contributed by atoms with Crippen LogP contribution in [0.3, 0.4) is 0 Å². The third-order valence-corrected chi connectivity index (χ3v) is 7.01. The van der Waals surface area contributed by atoms with Gasteiger partial charge in [-0.05, 0) is 49.3 Å². The third-order valence-electron chi connectivity index (χ3n) is 5.03. The number of hydrogen-bond donors (Lipinski definition) is 1. The van der Waals surface area contributed by atoms with Crippen LogP contribution in [0.2, 0.25) is 0 Å². The Bertz CT molecular complexity index is 1220. The number of nitrogens with one attached hydrogen (secondary N) is 1. The van der Waals surface area contributed by atoms with Gasteiger partial charge in [-0.3, -0.25) is 0 Å². The van der Waals surface area contributed by atoms with Crippen LogP contribution in [-0.2, 0) is 28.7 Å². The molecule has 180 valence electrons. The van der Waals surface area contributed by atoms with Gasteiger partial charge >= 0.3 is 0 Å². The fourth-order valence-corrected chi connectivity index (χ4v) is 5.34. The molecule has 1 heterocycles. The standard InChI is InChI=1S/C25H29FN4O2S2/c1-4-14-29(24(33)28-19(2)3)17-23-15-27-25(30(23)16-20-8-6-5-7-9-20)34(31,32)18-21-10-12-22(26)13-11-21/h4-13,15,19H,1,14,16-18H2,2-3H3,(H,28,33).